The molecule has 1 aromatic rings. The van der Waals surface area contributed by atoms with E-state index in [1.54, 1.807) is 4.57 Å². The van der Waals surface area contributed by atoms with Crippen molar-refractivity contribution in [2.75, 3.05) is 0 Å². The first kappa shape index (κ1) is 8.04. The molecule has 1 aromatic heterocycles. The average Bonchev–Trinajstić information content (AvgIpc) is 2.18. The predicted molar refractivity (Wildman–Crippen MR) is 42.4 cm³/mol. The fourth-order valence-corrected chi connectivity index (χ4v) is 0.977. The van der Waals surface area contributed by atoms with Gasteiger partial charge in [0, 0.05) is 6.54 Å². The maximum Gasteiger partial charge on any atom is 0.343 e. The third-order valence-electron chi connectivity index (χ3n) is 1.50. The lowest BCUT2D eigenvalue weighted by atomic mass is 10.2. The summed E-state index contributed by atoms with van der Waals surface area (Å²) in [5.41, 5.74) is -0.115. The van der Waals surface area contributed by atoms with Crippen molar-refractivity contribution in [3.05, 3.63) is 16.3 Å². The molecule has 0 spiro atoms. The van der Waals surface area contributed by atoms with Crippen molar-refractivity contribution >= 4 is 0 Å². The second-order valence-electron chi connectivity index (χ2n) is 3.08. The van der Waals surface area contributed by atoms with Gasteiger partial charge in [0.2, 0.25) is 0 Å². The summed E-state index contributed by atoms with van der Waals surface area (Å²) >= 11 is 0. The predicted octanol–water partition coefficient (Wildman–Crippen LogP) is 0.536. The molecule has 0 unspecified atom stereocenters. The highest BCUT2D eigenvalue weighted by Gasteiger charge is 2.03. The van der Waals surface area contributed by atoms with E-state index >= 15 is 0 Å². The van der Waals surface area contributed by atoms with Gasteiger partial charge in [0.05, 0.1) is 0 Å². The Morgan fingerprint density at radius 2 is 2.27 bits per heavy atom. The van der Waals surface area contributed by atoms with E-state index in [0.717, 1.165) is 12.4 Å². The topological polar surface area (TPSA) is 50.7 Å². The molecule has 0 fully saturated rings. The van der Waals surface area contributed by atoms with Crippen molar-refractivity contribution in [2.24, 2.45) is 5.92 Å². The molecule has 4 nitrogen and oxygen atoms in total. The Kier molecular flexibility index (Phi) is 2.12. The van der Waals surface area contributed by atoms with Crippen molar-refractivity contribution < 1.29 is 0 Å². The smallest absolute Gasteiger partial charge is 0.279 e. The van der Waals surface area contributed by atoms with Gasteiger partial charge in [-0.25, -0.2) is 9.89 Å². The summed E-state index contributed by atoms with van der Waals surface area (Å²) in [7, 11) is 0. The van der Waals surface area contributed by atoms with Gasteiger partial charge in [-0.3, -0.25) is 4.57 Å². The number of nitrogens with zero attached hydrogens (tertiary/aromatic N) is 2. The van der Waals surface area contributed by atoms with Crippen LogP contribution in [-0.2, 0) is 6.54 Å². The first-order chi connectivity index (χ1) is 5.11. The number of hydrogen-bond acceptors (Lipinski definition) is 2. The number of H-pyrrole nitrogens is 1. The highest BCUT2D eigenvalue weighted by atomic mass is 16.1. The molecule has 11 heavy (non-hydrogen) atoms. The third kappa shape index (κ3) is 1.69. The van der Waals surface area contributed by atoms with Crippen LogP contribution in [0.5, 0.6) is 0 Å². The van der Waals surface area contributed by atoms with E-state index in [2.05, 4.69) is 24.0 Å². The van der Waals surface area contributed by atoms with Crippen LogP contribution < -0.4 is 5.69 Å². The zero-order valence-corrected chi connectivity index (χ0v) is 7.09. The van der Waals surface area contributed by atoms with Gasteiger partial charge in [0.25, 0.3) is 0 Å². The Morgan fingerprint density at radius 3 is 2.64 bits per heavy atom. The number of nitrogens with one attached hydrogen (secondary N) is 1. The van der Waals surface area contributed by atoms with Crippen LogP contribution in [0.3, 0.4) is 0 Å². The highest BCUT2D eigenvalue weighted by Crippen LogP contribution is 1.96. The van der Waals surface area contributed by atoms with E-state index in [0.29, 0.717) is 5.92 Å². The molecule has 0 bridgehead atoms. The van der Waals surface area contributed by atoms with Gasteiger partial charge in [-0.2, -0.15) is 5.10 Å². The molecule has 1 rings (SSSR count). The molecule has 4 heteroatoms. The van der Waals surface area contributed by atoms with Gasteiger partial charge >= 0.3 is 5.69 Å². The van der Waals surface area contributed by atoms with E-state index in [4.69, 9.17) is 0 Å². The van der Waals surface area contributed by atoms with E-state index < -0.39 is 0 Å². The van der Waals surface area contributed by atoms with E-state index in [9.17, 15) is 4.79 Å². The molecule has 0 amide bonds. The fourth-order valence-electron chi connectivity index (χ4n) is 0.977. The maximum atomic E-state index is 11.0. The Bertz CT molecular complexity index is 284. The molecule has 0 aliphatic rings. The number of aromatic nitrogens is 3. The monoisotopic (exact) mass is 155 g/mol. The first-order valence-corrected chi connectivity index (χ1v) is 3.73. The molecule has 1 heterocycles. The van der Waals surface area contributed by atoms with Gasteiger partial charge < -0.3 is 0 Å². The van der Waals surface area contributed by atoms with E-state index in [1.165, 1.54) is 0 Å². The van der Waals surface area contributed by atoms with Crippen molar-refractivity contribution in [3.8, 4) is 0 Å². The van der Waals surface area contributed by atoms with Crippen molar-refractivity contribution in [1.82, 2.24) is 14.8 Å². The van der Waals surface area contributed by atoms with Crippen molar-refractivity contribution in [1.29, 1.82) is 0 Å². The number of aromatic amines is 1. The molecule has 62 valence electrons. The summed E-state index contributed by atoms with van der Waals surface area (Å²) in [6.45, 7) is 6.69. The molecule has 0 aromatic carbocycles. The van der Waals surface area contributed by atoms with Crippen LogP contribution in [0.15, 0.2) is 4.79 Å². The SMILES string of the molecule is Cc1n[nH]c(=O)n1CC(C)C. The summed E-state index contributed by atoms with van der Waals surface area (Å²) < 4.78 is 1.64. The second-order valence-corrected chi connectivity index (χ2v) is 3.08. The molecule has 0 radical (unpaired) electrons. The lowest BCUT2D eigenvalue weighted by Crippen LogP contribution is -2.20. The number of aryl methyl sites for hydroxylation is 1. The molecule has 0 aliphatic heterocycles. The molecule has 0 aliphatic carbocycles. The Hall–Kier alpha value is -1.06. The maximum absolute atomic E-state index is 11.0. The number of hydrogen-bond donors (Lipinski definition) is 1. The highest BCUT2D eigenvalue weighted by molar-refractivity contribution is 4.80. The van der Waals surface area contributed by atoms with Gasteiger partial charge in [-0.1, -0.05) is 13.8 Å². The van der Waals surface area contributed by atoms with Crippen LogP contribution in [0.4, 0.5) is 0 Å². The summed E-state index contributed by atoms with van der Waals surface area (Å²) in [4.78, 5) is 11.0. The molecular weight excluding hydrogens is 142 g/mol. The summed E-state index contributed by atoms with van der Waals surface area (Å²) in [5.74, 6) is 1.23. The lowest BCUT2D eigenvalue weighted by molar-refractivity contribution is 0.503. The van der Waals surface area contributed by atoms with Crippen LogP contribution >= 0.6 is 0 Å². The zero-order chi connectivity index (χ0) is 8.43. The van der Waals surface area contributed by atoms with Gasteiger partial charge in [-0.05, 0) is 12.8 Å². The molecule has 0 saturated carbocycles. The molecule has 1 N–H and O–H groups in total. The van der Waals surface area contributed by atoms with E-state index in [1.807, 2.05) is 6.92 Å². The van der Waals surface area contributed by atoms with Crippen LogP contribution in [0.25, 0.3) is 0 Å². The second kappa shape index (κ2) is 2.90. The Morgan fingerprint density at radius 1 is 1.64 bits per heavy atom. The van der Waals surface area contributed by atoms with Crippen molar-refractivity contribution in [2.45, 2.75) is 27.3 Å². The Balaban J connectivity index is 2.92. The third-order valence-corrected chi connectivity index (χ3v) is 1.50. The quantitative estimate of drug-likeness (QED) is 0.677. The van der Waals surface area contributed by atoms with Crippen LogP contribution in [0.2, 0.25) is 0 Å². The fraction of sp³-hybridized carbons (Fsp3) is 0.714. The molecule has 0 saturated heterocycles. The van der Waals surface area contributed by atoms with Gasteiger partial charge in [0.1, 0.15) is 5.82 Å². The molecular formula is C7H13N3O. The summed E-state index contributed by atoms with van der Waals surface area (Å²) in [6.07, 6.45) is 0. The van der Waals surface area contributed by atoms with E-state index in [-0.39, 0.29) is 5.69 Å². The van der Waals surface area contributed by atoms with Crippen LogP contribution in [0.1, 0.15) is 19.7 Å². The zero-order valence-electron chi connectivity index (χ0n) is 7.09. The first-order valence-electron chi connectivity index (χ1n) is 3.73. The summed E-state index contributed by atoms with van der Waals surface area (Å²) in [5, 5.41) is 6.19. The van der Waals surface area contributed by atoms with Gasteiger partial charge in [-0.15, -0.1) is 0 Å². The average molecular weight is 155 g/mol. The minimum absolute atomic E-state index is 0.115. The van der Waals surface area contributed by atoms with Crippen LogP contribution in [0, 0.1) is 12.8 Å². The Labute approximate surface area is 65.2 Å². The minimum Gasteiger partial charge on any atom is -0.279 e. The summed E-state index contributed by atoms with van der Waals surface area (Å²) in [6, 6.07) is 0. The number of rotatable bonds is 2. The molecule has 0 atom stereocenters. The lowest BCUT2D eigenvalue weighted by Gasteiger charge is -2.04. The normalized spacial score (nSPS) is 10.9. The largest absolute Gasteiger partial charge is 0.343 e. The minimum atomic E-state index is -0.115. The van der Waals surface area contributed by atoms with Crippen LogP contribution in [-0.4, -0.2) is 14.8 Å². The van der Waals surface area contributed by atoms with Crippen molar-refractivity contribution in [3.63, 3.8) is 0 Å². The van der Waals surface area contributed by atoms with Gasteiger partial charge in [0.15, 0.2) is 0 Å². The standard InChI is InChI=1S/C7H13N3O/c1-5(2)4-10-6(3)8-9-7(10)11/h5H,4H2,1-3H3,(H,9,11).